The van der Waals surface area contributed by atoms with Gasteiger partial charge in [0.15, 0.2) is 0 Å². The number of terminal acetylenes is 1. The van der Waals surface area contributed by atoms with Gasteiger partial charge in [-0.25, -0.2) is 0 Å². The molecule has 3 heteroatoms. The molecule has 1 rings (SSSR count). The molecule has 1 N–H and O–H groups in total. The number of nitrogens with zero attached hydrogens (tertiary/aromatic N) is 1. The number of hydrogen-bond acceptors (Lipinski definition) is 3. The maximum Gasteiger partial charge on any atom is 0.0574 e. The topological polar surface area (TPSA) is 15.3 Å². The van der Waals surface area contributed by atoms with Crippen molar-refractivity contribution in [2.75, 3.05) is 25.4 Å². The second-order valence-corrected chi connectivity index (χ2v) is 5.72. The zero-order valence-electron chi connectivity index (χ0n) is 9.99. The quantitative estimate of drug-likeness (QED) is 0.576. The fourth-order valence-corrected chi connectivity index (χ4v) is 3.17. The molecule has 3 unspecified atom stereocenters. The lowest BCUT2D eigenvalue weighted by Crippen LogP contribution is -2.52. The summed E-state index contributed by atoms with van der Waals surface area (Å²) in [5, 5.41) is 4.03. The van der Waals surface area contributed by atoms with Crippen molar-refractivity contribution in [3.05, 3.63) is 0 Å². The molecule has 0 radical (unpaired) electrons. The van der Waals surface area contributed by atoms with E-state index in [0.29, 0.717) is 18.6 Å². The van der Waals surface area contributed by atoms with Crippen molar-refractivity contribution >= 4 is 11.8 Å². The molecule has 1 heterocycles. The highest BCUT2D eigenvalue weighted by Crippen LogP contribution is 2.25. The molecule has 1 saturated heterocycles. The van der Waals surface area contributed by atoms with Gasteiger partial charge >= 0.3 is 0 Å². The van der Waals surface area contributed by atoms with Crippen LogP contribution in [0.5, 0.6) is 0 Å². The van der Waals surface area contributed by atoms with Gasteiger partial charge in [0.2, 0.25) is 0 Å². The molecule has 15 heavy (non-hydrogen) atoms. The van der Waals surface area contributed by atoms with Gasteiger partial charge in [-0.1, -0.05) is 12.8 Å². The van der Waals surface area contributed by atoms with E-state index in [4.69, 9.17) is 6.42 Å². The number of hydrogen-bond donors (Lipinski definition) is 1. The standard InChI is InChI=1S/C12H22N2S/c1-5-6-13-9-10(2)14-7-8-15-12(4)11(14)3/h1,10-13H,6-9H2,2-4H3. The first-order valence-corrected chi connectivity index (χ1v) is 6.73. The lowest BCUT2D eigenvalue weighted by atomic mass is 10.1. The molecule has 0 spiro atoms. The third-order valence-corrected chi connectivity index (χ3v) is 4.50. The average molecular weight is 226 g/mol. The number of nitrogens with one attached hydrogen (secondary N) is 1. The van der Waals surface area contributed by atoms with Gasteiger partial charge in [-0.05, 0) is 13.8 Å². The van der Waals surface area contributed by atoms with E-state index >= 15 is 0 Å². The summed E-state index contributed by atoms with van der Waals surface area (Å²) in [5.41, 5.74) is 0. The molecular weight excluding hydrogens is 204 g/mol. The van der Waals surface area contributed by atoms with Gasteiger partial charge in [-0.2, -0.15) is 11.8 Å². The molecule has 0 bridgehead atoms. The van der Waals surface area contributed by atoms with Gasteiger partial charge in [-0.3, -0.25) is 4.90 Å². The van der Waals surface area contributed by atoms with E-state index in [1.807, 2.05) is 0 Å². The molecular formula is C12H22N2S. The van der Waals surface area contributed by atoms with Crippen molar-refractivity contribution in [2.45, 2.75) is 38.1 Å². The van der Waals surface area contributed by atoms with Gasteiger partial charge in [0, 0.05) is 36.2 Å². The first-order chi connectivity index (χ1) is 7.16. The molecule has 1 aliphatic heterocycles. The molecule has 0 amide bonds. The SMILES string of the molecule is C#CCNCC(C)N1CCSC(C)C1C. The summed E-state index contributed by atoms with van der Waals surface area (Å²) in [6.07, 6.45) is 5.21. The van der Waals surface area contributed by atoms with Crippen LogP contribution in [0.2, 0.25) is 0 Å². The minimum atomic E-state index is 0.580. The molecule has 1 fully saturated rings. The molecule has 86 valence electrons. The van der Waals surface area contributed by atoms with Crippen LogP contribution >= 0.6 is 11.8 Å². The summed E-state index contributed by atoms with van der Waals surface area (Å²) < 4.78 is 0. The molecule has 0 saturated carbocycles. The van der Waals surface area contributed by atoms with Gasteiger partial charge in [0.05, 0.1) is 6.54 Å². The third kappa shape index (κ3) is 3.71. The van der Waals surface area contributed by atoms with Crippen LogP contribution in [0.15, 0.2) is 0 Å². The van der Waals surface area contributed by atoms with Crippen LogP contribution in [0.4, 0.5) is 0 Å². The van der Waals surface area contributed by atoms with E-state index in [0.717, 1.165) is 11.8 Å². The molecule has 0 aromatic carbocycles. The van der Waals surface area contributed by atoms with E-state index in [2.05, 4.69) is 48.7 Å². The van der Waals surface area contributed by atoms with E-state index in [1.54, 1.807) is 0 Å². The van der Waals surface area contributed by atoms with Crippen LogP contribution in [0.3, 0.4) is 0 Å². The Labute approximate surface area is 98.2 Å². The van der Waals surface area contributed by atoms with Crippen molar-refractivity contribution in [1.82, 2.24) is 10.2 Å². The van der Waals surface area contributed by atoms with Crippen molar-refractivity contribution in [3.8, 4) is 12.3 Å². The maximum atomic E-state index is 5.21. The molecule has 3 atom stereocenters. The summed E-state index contributed by atoms with van der Waals surface area (Å²) >= 11 is 2.08. The van der Waals surface area contributed by atoms with Crippen molar-refractivity contribution in [2.24, 2.45) is 0 Å². The van der Waals surface area contributed by atoms with E-state index in [-0.39, 0.29) is 0 Å². The number of rotatable bonds is 4. The summed E-state index contributed by atoms with van der Waals surface area (Å²) in [7, 11) is 0. The summed E-state index contributed by atoms with van der Waals surface area (Å²) in [6.45, 7) is 9.80. The molecule has 0 aromatic heterocycles. The summed E-state index contributed by atoms with van der Waals surface area (Å²) in [6, 6.07) is 1.25. The van der Waals surface area contributed by atoms with Gasteiger partial charge < -0.3 is 5.32 Å². The Morgan fingerprint density at radius 1 is 1.60 bits per heavy atom. The Bertz CT molecular complexity index is 224. The third-order valence-electron chi connectivity index (χ3n) is 3.17. The Morgan fingerprint density at radius 2 is 2.33 bits per heavy atom. The second kappa shape index (κ2) is 6.42. The van der Waals surface area contributed by atoms with E-state index < -0.39 is 0 Å². The largest absolute Gasteiger partial charge is 0.305 e. The van der Waals surface area contributed by atoms with E-state index in [1.165, 1.54) is 12.3 Å². The monoisotopic (exact) mass is 226 g/mol. The zero-order valence-corrected chi connectivity index (χ0v) is 10.8. The smallest absolute Gasteiger partial charge is 0.0574 e. The minimum Gasteiger partial charge on any atom is -0.305 e. The van der Waals surface area contributed by atoms with E-state index in [9.17, 15) is 0 Å². The van der Waals surface area contributed by atoms with Crippen LogP contribution < -0.4 is 5.32 Å². The summed E-state index contributed by atoms with van der Waals surface area (Å²) in [5.74, 6) is 3.87. The fraction of sp³-hybridized carbons (Fsp3) is 0.833. The Morgan fingerprint density at radius 3 is 3.00 bits per heavy atom. The second-order valence-electron chi connectivity index (χ2n) is 4.24. The normalized spacial score (nSPS) is 29.7. The van der Waals surface area contributed by atoms with Gasteiger partial charge in [-0.15, -0.1) is 6.42 Å². The molecule has 2 nitrogen and oxygen atoms in total. The fourth-order valence-electron chi connectivity index (χ4n) is 2.05. The molecule has 1 aliphatic rings. The van der Waals surface area contributed by atoms with Crippen LogP contribution in [0, 0.1) is 12.3 Å². The lowest BCUT2D eigenvalue weighted by Gasteiger charge is -2.41. The van der Waals surface area contributed by atoms with Crippen molar-refractivity contribution < 1.29 is 0 Å². The van der Waals surface area contributed by atoms with Crippen molar-refractivity contribution in [3.63, 3.8) is 0 Å². The Hall–Kier alpha value is -0.170. The minimum absolute atomic E-state index is 0.580. The highest BCUT2D eigenvalue weighted by molar-refractivity contribution is 8.00. The highest BCUT2D eigenvalue weighted by Gasteiger charge is 2.28. The lowest BCUT2D eigenvalue weighted by molar-refractivity contribution is 0.155. The first-order valence-electron chi connectivity index (χ1n) is 5.68. The van der Waals surface area contributed by atoms with Gasteiger partial charge in [0.1, 0.15) is 0 Å². The van der Waals surface area contributed by atoms with Gasteiger partial charge in [0.25, 0.3) is 0 Å². The zero-order chi connectivity index (χ0) is 11.3. The molecule has 0 aliphatic carbocycles. The maximum absolute atomic E-state index is 5.21. The Kier molecular flexibility index (Phi) is 5.52. The van der Waals surface area contributed by atoms with Crippen LogP contribution in [-0.2, 0) is 0 Å². The predicted octanol–water partition coefficient (Wildman–Crippen LogP) is 1.42. The van der Waals surface area contributed by atoms with Crippen LogP contribution in [-0.4, -0.2) is 47.6 Å². The highest BCUT2D eigenvalue weighted by atomic mass is 32.2. The van der Waals surface area contributed by atoms with Crippen LogP contribution in [0.25, 0.3) is 0 Å². The van der Waals surface area contributed by atoms with Crippen molar-refractivity contribution in [1.29, 1.82) is 0 Å². The first kappa shape index (κ1) is 12.9. The predicted molar refractivity (Wildman–Crippen MR) is 69.3 cm³/mol. The molecule has 0 aromatic rings. The number of thioether (sulfide) groups is 1. The average Bonchev–Trinajstić information content (AvgIpc) is 2.22. The van der Waals surface area contributed by atoms with Crippen LogP contribution in [0.1, 0.15) is 20.8 Å². The Balaban J connectivity index is 2.37. The summed E-state index contributed by atoms with van der Waals surface area (Å²) in [4.78, 5) is 2.59.